The summed E-state index contributed by atoms with van der Waals surface area (Å²) < 4.78 is 0. The normalized spacial score (nSPS) is 24.7. The fourth-order valence-corrected chi connectivity index (χ4v) is 4.13. The zero-order valence-electron chi connectivity index (χ0n) is 15.7. The zero-order chi connectivity index (χ0) is 17.6. The molecule has 1 N–H and O–H groups in total. The molecule has 2 fully saturated rings. The molecule has 3 heterocycles. The van der Waals surface area contributed by atoms with E-state index in [4.69, 9.17) is 0 Å². The van der Waals surface area contributed by atoms with Gasteiger partial charge in [0.05, 0.1) is 0 Å². The molecule has 0 radical (unpaired) electrons. The SMILES string of the molecule is CC(CC(=O)N1CCN(C(C)c2cccnc2)CC1)C1CCCNC1. The molecule has 0 aromatic carbocycles. The fourth-order valence-electron chi connectivity index (χ4n) is 4.13. The van der Waals surface area contributed by atoms with Gasteiger partial charge >= 0.3 is 0 Å². The largest absolute Gasteiger partial charge is 0.340 e. The van der Waals surface area contributed by atoms with Gasteiger partial charge in [-0.3, -0.25) is 14.7 Å². The van der Waals surface area contributed by atoms with Crippen LogP contribution in [-0.4, -0.2) is 60.0 Å². The van der Waals surface area contributed by atoms with Gasteiger partial charge in [0.2, 0.25) is 5.91 Å². The summed E-state index contributed by atoms with van der Waals surface area (Å²) in [5.74, 6) is 1.48. The minimum atomic E-state index is 0.340. The number of nitrogens with zero attached hydrogens (tertiary/aromatic N) is 3. The van der Waals surface area contributed by atoms with Crippen LogP contribution in [0.15, 0.2) is 24.5 Å². The molecule has 3 atom stereocenters. The molecule has 138 valence electrons. The quantitative estimate of drug-likeness (QED) is 0.890. The van der Waals surface area contributed by atoms with Crippen LogP contribution in [0.25, 0.3) is 0 Å². The first-order valence-electron chi connectivity index (χ1n) is 9.77. The molecule has 5 heteroatoms. The Labute approximate surface area is 151 Å². The summed E-state index contributed by atoms with van der Waals surface area (Å²) in [5.41, 5.74) is 1.25. The van der Waals surface area contributed by atoms with Crippen molar-refractivity contribution in [2.24, 2.45) is 11.8 Å². The highest BCUT2D eigenvalue weighted by Gasteiger charge is 2.28. The second-order valence-corrected chi connectivity index (χ2v) is 7.67. The number of amides is 1. The summed E-state index contributed by atoms with van der Waals surface area (Å²) in [6, 6.07) is 4.49. The lowest BCUT2D eigenvalue weighted by atomic mass is 9.85. The highest BCUT2D eigenvalue weighted by Crippen LogP contribution is 2.24. The van der Waals surface area contributed by atoms with Crippen LogP contribution in [0.2, 0.25) is 0 Å². The van der Waals surface area contributed by atoms with E-state index in [0.29, 0.717) is 30.2 Å². The third-order valence-electron chi connectivity index (χ3n) is 6.02. The molecule has 1 aromatic heterocycles. The fraction of sp³-hybridized carbons (Fsp3) is 0.700. The molecule has 0 bridgehead atoms. The van der Waals surface area contributed by atoms with Crippen molar-refractivity contribution in [3.8, 4) is 0 Å². The van der Waals surface area contributed by atoms with E-state index in [1.165, 1.54) is 18.4 Å². The molecule has 2 aliphatic heterocycles. The Balaban J connectivity index is 1.46. The highest BCUT2D eigenvalue weighted by atomic mass is 16.2. The van der Waals surface area contributed by atoms with Crippen LogP contribution in [-0.2, 0) is 4.79 Å². The van der Waals surface area contributed by atoms with E-state index in [-0.39, 0.29) is 0 Å². The van der Waals surface area contributed by atoms with Crippen molar-refractivity contribution >= 4 is 5.91 Å². The number of rotatable bonds is 5. The smallest absolute Gasteiger partial charge is 0.222 e. The molecule has 3 rings (SSSR count). The summed E-state index contributed by atoms with van der Waals surface area (Å²) in [5, 5.41) is 3.47. The van der Waals surface area contributed by atoms with Gasteiger partial charge in [0.15, 0.2) is 0 Å². The maximum atomic E-state index is 12.7. The zero-order valence-corrected chi connectivity index (χ0v) is 15.7. The second kappa shape index (κ2) is 8.77. The van der Waals surface area contributed by atoms with Crippen LogP contribution in [0.3, 0.4) is 0 Å². The van der Waals surface area contributed by atoms with Gasteiger partial charge in [-0.1, -0.05) is 13.0 Å². The Bertz CT molecular complexity index is 536. The molecular formula is C20H32N4O. The monoisotopic (exact) mass is 344 g/mol. The first-order valence-corrected chi connectivity index (χ1v) is 9.77. The van der Waals surface area contributed by atoms with Crippen LogP contribution >= 0.6 is 0 Å². The van der Waals surface area contributed by atoms with Crippen molar-refractivity contribution in [2.75, 3.05) is 39.3 Å². The van der Waals surface area contributed by atoms with Gasteiger partial charge in [0.25, 0.3) is 0 Å². The first-order chi connectivity index (χ1) is 12.1. The Morgan fingerprint density at radius 3 is 2.76 bits per heavy atom. The number of piperazine rings is 1. The number of hydrogen-bond acceptors (Lipinski definition) is 4. The minimum absolute atomic E-state index is 0.340. The average Bonchev–Trinajstić information content (AvgIpc) is 2.69. The summed E-state index contributed by atoms with van der Waals surface area (Å²) in [4.78, 5) is 21.4. The summed E-state index contributed by atoms with van der Waals surface area (Å²) >= 11 is 0. The molecule has 2 aliphatic rings. The standard InChI is InChI=1S/C20H32N4O/c1-16(18-5-3-7-21-14-18)13-20(25)24-11-9-23(10-12-24)17(2)19-6-4-8-22-15-19/h4,6,8,15-18,21H,3,5,7,9-14H2,1-2H3. The third kappa shape index (κ3) is 4.79. The number of carbonyl (C=O) groups excluding carboxylic acids is 1. The molecule has 3 unspecified atom stereocenters. The Kier molecular flexibility index (Phi) is 6.43. The lowest BCUT2D eigenvalue weighted by molar-refractivity contribution is -0.134. The predicted molar refractivity (Wildman–Crippen MR) is 100 cm³/mol. The summed E-state index contributed by atoms with van der Waals surface area (Å²) in [6.07, 6.45) is 6.97. The van der Waals surface area contributed by atoms with E-state index >= 15 is 0 Å². The van der Waals surface area contributed by atoms with Gasteiger partial charge in [-0.2, -0.15) is 0 Å². The van der Waals surface area contributed by atoms with Crippen LogP contribution in [0.1, 0.15) is 44.7 Å². The lowest BCUT2D eigenvalue weighted by Crippen LogP contribution is -2.49. The highest BCUT2D eigenvalue weighted by molar-refractivity contribution is 5.76. The van der Waals surface area contributed by atoms with Crippen molar-refractivity contribution in [3.63, 3.8) is 0 Å². The molecule has 1 aromatic rings. The van der Waals surface area contributed by atoms with Gasteiger partial charge in [-0.25, -0.2) is 0 Å². The number of aromatic nitrogens is 1. The predicted octanol–water partition coefficient (Wildman–Crippen LogP) is 2.31. The minimum Gasteiger partial charge on any atom is -0.340 e. The number of carbonyl (C=O) groups is 1. The summed E-state index contributed by atoms with van der Waals surface area (Å²) in [7, 11) is 0. The van der Waals surface area contributed by atoms with Crippen molar-refractivity contribution in [2.45, 2.75) is 39.2 Å². The van der Waals surface area contributed by atoms with Gasteiger partial charge in [0, 0.05) is 51.0 Å². The Morgan fingerprint density at radius 2 is 2.12 bits per heavy atom. The molecule has 0 spiro atoms. The van der Waals surface area contributed by atoms with Crippen molar-refractivity contribution in [3.05, 3.63) is 30.1 Å². The second-order valence-electron chi connectivity index (χ2n) is 7.67. The van der Waals surface area contributed by atoms with E-state index in [9.17, 15) is 4.79 Å². The van der Waals surface area contributed by atoms with Crippen LogP contribution < -0.4 is 5.32 Å². The lowest BCUT2D eigenvalue weighted by Gasteiger charge is -2.39. The summed E-state index contributed by atoms with van der Waals surface area (Å²) in [6.45, 7) is 10.3. The molecule has 25 heavy (non-hydrogen) atoms. The number of nitrogens with one attached hydrogen (secondary N) is 1. The van der Waals surface area contributed by atoms with Crippen molar-refractivity contribution in [1.29, 1.82) is 0 Å². The van der Waals surface area contributed by atoms with Gasteiger partial charge in [0.1, 0.15) is 0 Å². The Morgan fingerprint density at radius 1 is 1.32 bits per heavy atom. The molecule has 1 amide bonds. The number of piperidine rings is 1. The van der Waals surface area contributed by atoms with Gasteiger partial charge in [-0.05, 0) is 56.3 Å². The van der Waals surface area contributed by atoms with E-state index in [0.717, 1.165) is 39.3 Å². The van der Waals surface area contributed by atoms with Gasteiger partial charge in [-0.15, -0.1) is 0 Å². The molecule has 0 saturated carbocycles. The van der Waals surface area contributed by atoms with Crippen LogP contribution in [0, 0.1) is 11.8 Å². The first kappa shape index (κ1) is 18.3. The van der Waals surface area contributed by atoms with Crippen molar-refractivity contribution in [1.82, 2.24) is 20.1 Å². The van der Waals surface area contributed by atoms with Crippen LogP contribution in [0.4, 0.5) is 0 Å². The van der Waals surface area contributed by atoms with E-state index in [2.05, 4.69) is 40.0 Å². The molecule has 5 nitrogen and oxygen atoms in total. The van der Waals surface area contributed by atoms with Crippen molar-refractivity contribution < 1.29 is 4.79 Å². The number of pyridine rings is 1. The maximum absolute atomic E-state index is 12.7. The third-order valence-corrected chi connectivity index (χ3v) is 6.02. The maximum Gasteiger partial charge on any atom is 0.222 e. The topological polar surface area (TPSA) is 48.5 Å². The average molecular weight is 345 g/mol. The molecular weight excluding hydrogens is 312 g/mol. The number of hydrogen-bond donors (Lipinski definition) is 1. The van der Waals surface area contributed by atoms with E-state index in [1.807, 2.05) is 18.5 Å². The Hall–Kier alpha value is -1.46. The van der Waals surface area contributed by atoms with E-state index < -0.39 is 0 Å². The van der Waals surface area contributed by atoms with Gasteiger partial charge < -0.3 is 10.2 Å². The van der Waals surface area contributed by atoms with E-state index in [1.54, 1.807) is 0 Å². The van der Waals surface area contributed by atoms with Crippen LogP contribution in [0.5, 0.6) is 0 Å². The molecule has 0 aliphatic carbocycles. The molecule has 2 saturated heterocycles.